The molecule has 2 N–H and O–H groups in total. The van der Waals surface area contributed by atoms with Crippen LogP contribution < -0.4 is 5.32 Å². The second-order valence-electron chi connectivity index (χ2n) is 5.13. The summed E-state index contributed by atoms with van der Waals surface area (Å²) in [7, 11) is 0. The molecule has 1 aromatic heterocycles. The van der Waals surface area contributed by atoms with Gasteiger partial charge in [0.2, 0.25) is 5.91 Å². The molecular weight excluding hydrogens is 288 g/mol. The van der Waals surface area contributed by atoms with Gasteiger partial charge in [-0.25, -0.2) is 9.78 Å². The van der Waals surface area contributed by atoms with Crippen molar-refractivity contribution in [1.82, 2.24) is 4.98 Å². The third-order valence-corrected chi connectivity index (χ3v) is 4.25. The summed E-state index contributed by atoms with van der Waals surface area (Å²) in [5, 5.41) is 12.4. The molecule has 6 heteroatoms. The van der Waals surface area contributed by atoms with Gasteiger partial charge >= 0.3 is 5.97 Å². The Morgan fingerprint density at radius 1 is 1.38 bits per heavy atom. The summed E-state index contributed by atoms with van der Waals surface area (Å²) in [4.78, 5) is 27.6. The molecule has 0 radical (unpaired) electrons. The van der Waals surface area contributed by atoms with Crippen LogP contribution in [0.2, 0.25) is 0 Å². The van der Waals surface area contributed by atoms with Gasteiger partial charge < -0.3 is 10.4 Å². The van der Waals surface area contributed by atoms with E-state index in [0.29, 0.717) is 10.8 Å². The Bertz CT molecular complexity index is 719. The van der Waals surface area contributed by atoms with Crippen LogP contribution in [0.1, 0.15) is 28.1 Å². The molecule has 3 rings (SSSR count). The number of aryl methyl sites for hydroxylation is 1. The molecule has 108 valence electrons. The molecule has 2 aromatic rings. The number of aromatic carboxylic acids is 1. The lowest BCUT2D eigenvalue weighted by atomic mass is 10.1. The van der Waals surface area contributed by atoms with E-state index in [1.165, 1.54) is 0 Å². The highest BCUT2D eigenvalue weighted by atomic mass is 32.1. The monoisotopic (exact) mass is 302 g/mol. The summed E-state index contributed by atoms with van der Waals surface area (Å²) < 4.78 is 0. The van der Waals surface area contributed by atoms with Crippen LogP contribution in [0.15, 0.2) is 24.3 Å². The van der Waals surface area contributed by atoms with E-state index in [1.54, 1.807) is 0 Å². The highest BCUT2D eigenvalue weighted by molar-refractivity contribution is 7.18. The van der Waals surface area contributed by atoms with Crippen LogP contribution in [0.4, 0.5) is 5.13 Å². The average Bonchev–Trinajstić information content (AvgIpc) is 3.20. The summed E-state index contributed by atoms with van der Waals surface area (Å²) >= 11 is 0.999. The maximum Gasteiger partial charge on any atom is 0.348 e. The van der Waals surface area contributed by atoms with Crippen LogP contribution in [0, 0.1) is 12.8 Å². The van der Waals surface area contributed by atoms with E-state index < -0.39 is 5.97 Å². The van der Waals surface area contributed by atoms with Crippen LogP contribution in [-0.4, -0.2) is 22.0 Å². The van der Waals surface area contributed by atoms with E-state index in [1.807, 2.05) is 31.2 Å². The summed E-state index contributed by atoms with van der Waals surface area (Å²) in [6.07, 6.45) is 1.79. The number of aromatic nitrogens is 1. The molecule has 0 atom stereocenters. The summed E-state index contributed by atoms with van der Waals surface area (Å²) in [5.41, 5.74) is 2.18. The summed E-state index contributed by atoms with van der Waals surface area (Å²) in [5.74, 6) is -1.04. The van der Waals surface area contributed by atoms with Crippen molar-refractivity contribution >= 4 is 28.3 Å². The number of amides is 1. The minimum atomic E-state index is -1.03. The minimum absolute atomic E-state index is 0.0598. The van der Waals surface area contributed by atoms with Crippen molar-refractivity contribution in [3.05, 3.63) is 34.7 Å². The molecule has 21 heavy (non-hydrogen) atoms. The standard InChI is InChI=1S/C15H14N2O3S/c1-8-3-2-4-10(7-8)11-12(14(19)20)21-15(16-11)17-13(18)9-5-6-9/h2-4,7,9H,5-6H2,1H3,(H,19,20)(H,16,17,18). The molecule has 0 saturated heterocycles. The number of carboxylic acid groups (broad SMARTS) is 1. The fraction of sp³-hybridized carbons (Fsp3) is 0.267. The van der Waals surface area contributed by atoms with Crippen molar-refractivity contribution in [3.8, 4) is 11.3 Å². The van der Waals surface area contributed by atoms with E-state index in [0.717, 1.165) is 35.3 Å². The molecule has 1 aliphatic rings. The number of carbonyl (C=O) groups excluding carboxylic acids is 1. The average molecular weight is 302 g/mol. The first-order valence-corrected chi connectivity index (χ1v) is 7.48. The van der Waals surface area contributed by atoms with Gasteiger partial charge in [0.05, 0.1) is 5.69 Å². The van der Waals surface area contributed by atoms with Gasteiger partial charge in [-0.1, -0.05) is 35.1 Å². The molecule has 0 spiro atoms. The fourth-order valence-corrected chi connectivity index (χ4v) is 2.89. The van der Waals surface area contributed by atoms with Crippen LogP contribution in [-0.2, 0) is 4.79 Å². The third-order valence-electron chi connectivity index (χ3n) is 3.29. The quantitative estimate of drug-likeness (QED) is 0.909. The first-order chi connectivity index (χ1) is 10.0. The highest BCUT2D eigenvalue weighted by Crippen LogP contribution is 2.34. The zero-order valence-electron chi connectivity index (χ0n) is 11.4. The van der Waals surface area contributed by atoms with Gasteiger partial charge in [-0.2, -0.15) is 0 Å². The molecule has 1 heterocycles. The predicted molar refractivity (Wildman–Crippen MR) is 80.6 cm³/mol. The number of rotatable bonds is 4. The molecular formula is C15H14N2O3S. The topological polar surface area (TPSA) is 79.3 Å². The molecule has 0 bridgehead atoms. The Labute approximate surface area is 125 Å². The van der Waals surface area contributed by atoms with E-state index in [9.17, 15) is 14.7 Å². The number of carboxylic acids is 1. The molecule has 1 fully saturated rings. The Balaban J connectivity index is 1.96. The van der Waals surface area contributed by atoms with Crippen molar-refractivity contribution < 1.29 is 14.7 Å². The van der Waals surface area contributed by atoms with Gasteiger partial charge in [-0.15, -0.1) is 0 Å². The van der Waals surface area contributed by atoms with E-state index >= 15 is 0 Å². The van der Waals surface area contributed by atoms with Gasteiger partial charge in [0.25, 0.3) is 0 Å². The normalized spacial score (nSPS) is 14.0. The lowest BCUT2D eigenvalue weighted by molar-refractivity contribution is -0.117. The largest absolute Gasteiger partial charge is 0.477 e. The van der Waals surface area contributed by atoms with Crippen LogP contribution >= 0.6 is 11.3 Å². The van der Waals surface area contributed by atoms with Crippen LogP contribution in [0.5, 0.6) is 0 Å². The number of benzene rings is 1. The minimum Gasteiger partial charge on any atom is -0.477 e. The van der Waals surface area contributed by atoms with Crippen molar-refractivity contribution in [3.63, 3.8) is 0 Å². The Morgan fingerprint density at radius 2 is 2.14 bits per heavy atom. The number of anilines is 1. The van der Waals surface area contributed by atoms with Gasteiger partial charge in [0.1, 0.15) is 4.88 Å². The van der Waals surface area contributed by atoms with E-state index in [-0.39, 0.29) is 16.7 Å². The number of nitrogens with one attached hydrogen (secondary N) is 1. The van der Waals surface area contributed by atoms with Crippen LogP contribution in [0.3, 0.4) is 0 Å². The van der Waals surface area contributed by atoms with Gasteiger partial charge in [-0.3, -0.25) is 4.79 Å². The van der Waals surface area contributed by atoms with Crippen LogP contribution in [0.25, 0.3) is 11.3 Å². The van der Waals surface area contributed by atoms with Crippen molar-refractivity contribution in [2.45, 2.75) is 19.8 Å². The first kappa shape index (κ1) is 13.8. The lowest BCUT2D eigenvalue weighted by Gasteiger charge is -2.00. The van der Waals surface area contributed by atoms with Gasteiger partial charge in [-0.05, 0) is 25.8 Å². The molecule has 1 aromatic carbocycles. The fourth-order valence-electron chi connectivity index (χ4n) is 2.06. The van der Waals surface area contributed by atoms with Crippen molar-refractivity contribution in [2.24, 2.45) is 5.92 Å². The molecule has 5 nitrogen and oxygen atoms in total. The molecule has 1 saturated carbocycles. The first-order valence-electron chi connectivity index (χ1n) is 6.66. The third kappa shape index (κ3) is 2.95. The summed E-state index contributed by atoms with van der Waals surface area (Å²) in [6.45, 7) is 1.94. The maximum atomic E-state index is 11.8. The number of hydrogen-bond acceptors (Lipinski definition) is 4. The number of nitrogens with zero attached hydrogens (tertiary/aromatic N) is 1. The zero-order chi connectivity index (χ0) is 15.0. The van der Waals surface area contributed by atoms with Gasteiger partial charge in [0.15, 0.2) is 5.13 Å². The number of hydrogen-bond donors (Lipinski definition) is 2. The molecule has 0 unspecified atom stereocenters. The molecule has 1 aliphatic carbocycles. The van der Waals surface area contributed by atoms with E-state index in [2.05, 4.69) is 10.3 Å². The zero-order valence-corrected chi connectivity index (χ0v) is 12.2. The number of thiazole rings is 1. The van der Waals surface area contributed by atoms with Crippen molar-refractivity contribution in [1.29, 1.82) is 0 Å². The smallest absolute Gasteiger partial charge is 0.348 e. The highest BCUT2D eigenvalue weighted by Gasteiger charge is 2.30. The van der Waals surface area contributed by atoms with Gasteiger partial charge in [0, 0.05) is 11.5 Å². The predicted octanol–water partition coefficient (Wildman–Crippen LogP) is 3.17. The van der Waals surface area contributed by atoms with Crippen molar-refractivity contribution in [2.75, 3.05) is 5.32 Å². The van der Waals surface area contributed by atoms with E-state index in [4.69, 9.17) is 0 Å². The lowest BCUT2D eigenvalue weighted by Crippen LogP contribution is -2.12. The SMILES string of the molecule is Cc1cccc(-c2nc(NC(=O)C3CC3)sc2C(=O)O)c1. The Kier molecular flexibility index (Phi) is 3.47. The maximum absolute atomic E-state index is 11.8. The molecule has 1 amide bonds. The second-order valence-corrected chi connectivity index (χ2v) is 6.13. The Hall–Kier alpha value is -2.21. The molecule has 0 aliphatic heterocycles. The Morgan fingerprint density at radius 3 is 2.76 bits per heavy atom. The summed E-state index contributed by atoms with van der Waals surface area (Å²) in [6, 6.07) is 7.50. The second kappa shape index (κ2) is 5.29. The number of carbonyl (C=O) groups is 2.